The van der Waals surface area contributed by atoms with E-state index in [0.29, 0.717) is 18.2 Å². The van der Waals surface area contributed by atoms with Gasteiger partial charge in [-0.25, -0.2) is 21.9 Å². The van der Waals surface area contributed by atoms with E-state index in [1.807, 2.05) is 0 Å². The number of hydrogen-bond acceptors (Lipinski definition) is 2. The van der Waals surface area contributed by atoms with Crippen molar-refractivity contribution in [2.45, 2.75) is 24.0 Å². The molecule has 3 nitrogen and oxygen atoms in total. The summed E-state index contributed by atoms with van der Waals surface area (Å²) in [6.45, 7) is 1.33. The van der Waals surface area contributed by atoms with Gasteiger partial charge in [-0.15, -0.1) is 0 Å². The molecule has 9 heteroatoms. The monoisotopic (exact) mass is 365 g/mol. The highest BCUT2D eigenvalue weighted by Crippen LogP contribution is 2.30. The zero-order chi connectivity index (χ0) is 18.1. The molecule has 130 valence electrons. The van der Waals surface area contributed by atoms with Crippen LogP contribution in [0.25, 0.3) is 0 Å². The van der Waals surface area contributed by atoms with Gasteiger partial charge in [-0.05, 0) is 37.3 Å². The first kappa shape index (κ1) is 18.3. The third-order valence-electron chi connectivity index (χ3n) is 3.25. The van der Waals surface area contributed by atoms with Gasteiger partial charge in [0, 0.05) is 17.7 Å². The van der Waals surface area contributed by atoms with E-state index in [0.717, 1.165) is 24.3 Å². The topological polar surface area (TPSA) is 46.2 Å². The van der Waals surface area contributed by atoms with Crippen LogP contribution in [-0.4, -0.2) is 8.42 Å². The first-order valence-electron chi connectivity index (χ1n) is 6.65. The van der Waals surface area contributed by atoms with Gasteiger partial charge in [-0.3, -0.25) is 0 Å². The van der Waals surface area contributed by atoms with E-state index in [4.69, 9.17) is 0 Å². The Morgan fingerprint density at radius 2 is 1.58 bits per heavy atom. The summed E-state index contributed by atoms with van der Waals surface area (Å²) >= 11 is 0. The fourth-order valence-corrected chi connectivity index (χ4v) is 3.26. The minimum absolute atomic E-state index is 0.0908. The molecular weight excluding hydrogens is 353 g/mol. The van der Waals surface area contributed by atoms with Crippen LogP contribution in [0.1, 0.15) is 24.1 Å². The largest absolute Gasteiger partial charge is 0.416 e. The Morgan fingerprint density at radius 1 is 1.00 bits per heavy atom. The maximum absolute atomic E-state index is 13.7. The molecule has 0 heterocycles. The van der Waals surface area contributed by atoms with E-state index in [-0.39, 0.29) is 5.56 Å². The predicted octanol–water partition coefficient (Wildman–Crippen LogP) is 4.02. The SMILES string of the molecule is C[C@@H](NS(=O)(=O)c1ccc(C(F)(F)F)cc1)c1ccc(F)cc1F. The highest BCUT2D eigenvalue weighted by atomic mass is 32.2. The molecule has 0 amide bonds. The van der Waals surface area contributed by atoms with Gasteiger partial charge in [-0.2, -0.15) is 13.2 Å². The number of hydrogen-bond donors (Lipinski definition) is 1. The lowest BCUT2D eigenvalue weighted by atomic mass is 10.1. The quantitative estimate of drug-likeness (QED) is 0.832. The number of sulfonamides is 1. The van der Waals surface area contributed by atoms with Crippen molar-refractivity contribution in [2.75, 3.05) is 0 Å². The highest BCUT2D eigenvalue weighted by Gasteiger charge is 2.31. The zero-order valence-corrected chi connectivity index (χ0v) is 13.0. The minimum Gasteiger partial charge on any atom is -0.207 e. The number of halogens is 5. The molecule has 0 radical (unpaired) electrons. The van der Waals surface area contributed by atoms with Gasteiger partial charge in [-0.1, -0.05) is 6.07 Å². The minimum atomic E-state index is -4.58. The molecular formula is C15H12F5NO2S. The highest BCUT2D eigenvalue weighted by molar-refractivity contribution is 7.89. The standard InChI is InChI=1S/C15H12F5NO2S/c1-9(13-7-4-11(16)8-14(13)17)21-24(22,23)12-5-2-10(3-6-12)15(18,19)20/h2-9,21H,1H3/t9-/m1/s1. The fourth-order valence-electron chi connectivity index (χ4n) is 2.04. The zero-order valence-electron chi connectivity index (χ0n) is 12.2. The molecule has 0 saturated heterocycles. The molecule has 0 aliphatic heterocycles. The summed E-state index contributed by atoms with van der Waals surface area (Å²) < 4.78 is 90.5. The molecule has 0 fully saturated rings. The van der Waals surface area contributed by atoms with Crippen LogP contribution in [-0.2, 0) is 16.2 Å². The van der Waals surface area contributed by atoms with Crippen LogP contribution in [0.5, 0.6) is 0 Å². The molecule has 0 spiro atoms. The van der Waals surface area contributed by atoms with Crippen molar-refractivity contribution in [3.8, 4) is 0 Å². The third kappa shape index (κ3) is 4.09. The van der Waals surface area contributed by atoms with Crippen LogP contribution in [0.3, 0.4) is 0 Å². The summed E-state index contributed by atoms with van der Waals surface area (Å²) in [7, 11) is -4.17. The molecule has 2 aromatic carbocycles. The molecule has 24 heavy (non-hydrogen) atoms. The Balaban J connectivity index is 2.24. The molecule has 0 aliphatic carbocycles. The second kappa shape index (κ2) is 6.48. The average molecular weight is 365 g/mol. The summed E-state index contributed by atoms with van der Waals surface area (Å²) in [6, 6.07) is 4.51. The molecule has 0 bridgehead atoms. The summed E-state index contributed by atoms with van der Waals surface area (Å²) in [4.78, 5) is -0.398. The first-order chi connectivity index (χ1) is 11.0. The Morgan fingerprint density at radius 3 is 2.08 bits per heavy atom. The molecule has 0 aliphatic rings. The molecule has 1 N–H and O–H groups in total. The summed E-state index contributed by atoms with van der Waals surface area (Å²) in [5.41, 5.74) is -1.08. The van der Waals surface area contributed by atoms with Crippen molar-refractivity contribution in [2.24, 2.45) is 0 Å². The number of alkyl halides is 3. The average Bonchev–Trinajstić information content (AvgIpc) is 2.45. The second-order valence-electron chi connectivity index (χ2n) is 5.03. The molecule has 0 aromatic heterocycles. The lowest BCUT2D eigenvalue weighted by Gasteiger charge is -2.16. The maximum atomic E-state index is 13.7. The lowest BCUT2D eigenvalue weighted by molar-refractivity contribution is -0.137. The molecule has 1 atom stereocenters. The van der Waals surface area contributed by atoms with Crippen molar-refractivity contribution < 1.29 is 30.4 Å². The smallest absolute Gasteiger partial charge is 0.207 e. The van der Waals surface area contributed by atoms with E-state index >= 15 is 0 Å². The van der Waals surface area contributed by atoms with Crippen molar-refractivity contribution in [3.63, 3.8) is 0 Å². The van der Waals surface area contributed by atoms with E-state index in [9.17, 15) is 30.4 Å². The van der Waals surface area contributed by atoms with Crippen molar-refractivity contribution in [3.05, 3.63) is 65.2 Å². The van der Waals surface area contributed by atoms with Crippen molar-refractivity contribution in [1.82, 2.24) is 4.72 Å². The molecule has 2 aromatic rings. The Labute approximate surface area is 135 Å². The first-order valence-corrected chi connectivity index (χ1v) is 8.13. The predicted molar refractivity (Wildman–Crippen MR) is 76.5 cm³/mol. The number of benzene rings is 2. The van der Waals surface area contributed by atoms with E-state index in [1.54, 1.807) is 0 Å². The number of rotatable bonds is 4. The summed E-state index contributed by atoms with van der Waals surface area (Å²) in [6.07, 6.45) is -4.58. The van der Waals surface area contributed by atoms with Crippen LogP contribution in [0.15, 0.2) is 47.4 Å². The van der Waals surface area contributed by atoms with E-state index < -0.39 is 44.3 Å². The van der Waals surface area contributed by atoms with Gasteiger partial charge in [0.2, 0.25) is 10.0 Å². The van der Waals surface area contributed by atoms with Crippen molar-refractivity contribution >= 4 is 10.0 Å². The van der Waals surface area contributed by atoms with Gasteiger partial charge < -0.3 is 0 Å². The second-order valence-corrected chi connectivity index (χ2v) is 6.74. The van der Waals surface area contributed by atoms with Gasteiger partial charge in [0.1, 0.15) is 11.6 Å². The van der Waals surface area contributed by atoms with Crippen LogP contribution in [0, 0.1) is 11.6 Å². The van der Waals surface area contributed by atoms with Gasteiger partial charge in [0.15, 0.2) is 0 Å². The van der Waals surface area contributed by atoms with Crippen molar-refractivity contribution in [1.29, 1.82) is 0 Å². The third-order valence-corrected chi connectivity index (χ3v) is 4.81. The summed E-state index contributed by atoms with van der Waals surface area (Å²) in [5, 5.41) is 0. The molecule has 2 rings (SSSR count). The van der Waals surface area contributed by atoms with Crippen LogP contribution in [0.4, 0.5) is 22.0 Å². The van der Waals surface area contributed by atoms with E-state index in [2.05, 4.69) is 4.72 Å². The van der Waals surface area contributed by atoms with Gasteiger partial charge in [0.05, 0.1) is 10.5 Å². The van der Waals surface area contributed by atoms with E-state index in [1.165, 1.54) is 6.92 Å². The van der Waals surface area contributed by atoms with Gasteiger partial charge in [0.25, 0.3) is 0 Å². The Kier molecular flexibility index (Phi) is 4.95. The van der Waals surface area contributed by atoms with Gasteiger partial charge >= 0.3 is 6.18 Å². The lowest BCUT2D eigenvalue weighted by Crippen LogP contribution is -2.27. The molecule has 0 saturated carbocycles. The number of nitrogens with one attached hydrogen (secondary N) is 1. The van der Waals surface area contributed by atoms with Crippen LogP contribution in [0.2, 0.25) is 0 Å². The Hall–Kier alpha value is -2.00. The normalized spacial score (nSPS) is 13.8. The fraction of sp³-hybridized carbons (Fsp3) is 0.200. The maximum Gasteiger partial charge on any atom is 0.416 e. The Bertz CT molecular complexity index is 832. The van der Waals surface area contributed by atoms with Crippen LogP contribution >= 0.6 is 0 Å². The summed E-state index contributed by atoms with van der Waals surface area (Å²) in [5.74, 6) is -1.74. The van der Waals surface area contributed by atoms with Crippen LogP contribution < -0.4 is 4.72 Å². The molecule has 0 unspecified atom stereocenters.